The number of carbonyl (C=O) groups excluding carboxylic acids is 1. The quantitative estimate of drug-likeness (QED) is 0.746. The Hall–Kier alpha value is -2.08. The molecule has 1 heterocycles. The number of aryl methyl sites for hydroxylation is 1. The van der Waals surface area contributed by atoms with E-state index in [1.807, 2.05) is 31.2 Å². The molecule has 1 aliphatic heterocycles. The maximum absolute atomic E-state index is 11.9. The van der Waals surface area contributed by atoms with E-state index in [4.69, 9.17) is 9.47 Å². The summed E-state index contributed by atoms with van der Waals surface area (Å²) in [5.74, 6) is -0.568. The van der Waals surface area contributed by atoms with E-state index in [2.05, 4.69) is 5.32 Å². The third kappa shape index (κ3) is 4.21. The van der Waals surface area contributed by atoms with Crippen molar-refractivity contribution in [1.29, 1.82) is 0 Å². The van der Waals surface area contributed by atoms with E-state index < -0.39 is 11.5 Å². The summed E-state index contributed by atoms with van der Waals surface area (Å²) in [6.45, 7) is 2.76. The summed E-state index contributed by atoms with van der Waals surface area (Å²) in [6, 6.07) is 7.68. The lowest BCUT2D eigenvalue weighted by molar-refractivity contribution is -0.147. The summed E-state index contributed by atoms with van der Waals surface area (Å²) in [5, 5.41) is 11.8. The summed E-state index contributed by atoms with van der Waals surface area (Å²) < 4.78 is 10.7. The van der Waals surface area contributed by atoms with Gasteiger partial charge >= 0.3 is 5.97 Å². The smallest absolute Gasteiger partial charge is 0.331 e. The van der Waals surface area contributed by atoms with Gasteiger partial charge in [-0.3, -0.25) is 4.79 Å². The van der Waals surface area contributed by atoms with Crippen LogP contribution in [-0.4, -0.2) is 42.3 Å². The summed E-state index contributed by atoms with van der Waals surface area (Å²) >= 11 is 0. The molecule has 1 aromatic rings. The van der Waals surface area contributed by atoms with Crippen molar-refractivity contribution in [3.63, 3.8) is 0 Å². The minimum atomic E-state index is -1.27. The summed E-state index contributed by atoms with van der Waals surface area (Å²) in [5.41, 5.74) is -0.158. The lowest BCUT2D eigenvalue weighted by atomic mass is 9.99. The number of amides is 1. The highest BCUT2D eigenvalue weighted by Crippen LogP contribution is 2.19. The first-order valence-electron chi connectivity index (χ1n) is 7.33. The van der Waals surface area contributed by atoms with Gasteiger partial charge in [0.25, 0.3) is 0 Å². The topological polar surface area (TPSA) is 84.9 Å². The fourth-order valence-electron chi connectivity index (χ4n) is 2.34. The number of hydrogen-bond acceptors (Lipinski definition) is 4. The average Bonchev–Trinajstić information content (AvgIpc) is 2.93. The Balaban J connectivity index is 1.72. The Morgan fingerprint density at radius 1 is 1.45 bits per heavy atom. The molecule has 0 bridgehead atoms. The molecule has 1 aliphatic rings. The number of nitrogens with one attached hydrogen (secondary N) is 1. The second-order valence-corrected chi connectivity index (χ2v) is 5.51. The zero-order chi connectivity index (χ0) is 16.0. The fourth-order valence-corrected chi connectivity index (χ4v) is 2.34. The standard InChI is InChI=1S/C16H21NO5/c1-12-4-2-5-13(10-12)22-8-3-6-14(18)17-16(15(19)20)7-9-21-11-16/h2,4-5,10H,3,6-9,11H2,1H3,(H,17,18)(H,19,20). The Bertz CT molecular complexity index is 537. The molecule has 0 aromatic heterocycles. The van der Waals surface area contributed by atoms with Gasteiger partial charge in [-0.05, 0) is 31.0 Å². The molecule has 1 fully saturated rings. The van der Waals surface area contributed by atoms with Gasteiger partial charge in [-0.2, -0.15) is 0 Å². The van der Waals surface area contributed by atoms with E-state index in [0.29, 0.717) is 26.1 Å². The first-order valence-corrected chi connectivity index (χ1v) is 7.33. The number of rotatable bonds is 7. The van der Waals surface area contributed by atoms with Crippen molar-refractivity contribution < 1.29 is 24.2 Å². The van der Waals surface area contributed by atoms with Crippen LogP contribution in [0.15, 0.2) is 24.3 Å². The van der Waals surface area contributed by atoms with Gasteiger partial charge in [0.15, 0.2) is 5.54 Å². The molecule has 22 heavy (non-hydrogen) atoms. The number of benzene rings is 1. The van der Waals surface area contributed by atoms with Crippen LogP contribution >= 0.6 is 0 Å². The maximum atomic E-state index is 11.9. The van der Waals surface area contributed by atoms with Crippen LogP contribution in [0.3, 0.4) is 0 Å². The number of aliphatic carboxylic acids is 1. The van der Waals surface area contributed by atoms with Crippen LogP contribution < -0.4 is 10.1 Å². The predicted molar refractivity (Wildman–Crippen MR) is 79.9 cm³/mol. The molecule has 1 amide bonds. The van der Waals surface area contributed by atoms with Crippen LogP contribution in [0.25, 0.3) is 0 Å². The Kier molecular flexibility index (Phi) is 5.38. The minimum absolute atomic E-state index is 0.0217. The average molecular weight is 307 g/mol. The third-order valence-electron chi connectivity index (χ3n) is 3.62. The van der Waals surface area contributed by atoms with Crippen molar-refractivity contribution in [1.82, 2.24) is 5.32 Å². The van der Waals surface area contributed by atoms with Gasteiger partial charge in [-0.25, -0.2) is 4.79 Å². The van der Waals surface area contributed by atoms with Crippen LogP contribution in [0.1, 0.15) is 24.8 Å². The van der Waals surface area contributed by atoms with Crippen LogP contribution in [0.2, 0.25) is 0 Å². The first kappa shape index (κ1) is 16.3. The first-order chi connectivity index (χ1) is 10.5. The van der Waals surface area contributed by atoms with Crippen LogP contribution in [0.5, 0.6) is 5.75 Å². The number of carboxylic acids is 1. The number of hydrogen-bond donors (Lipinski definition) is 2. The monoisotopic (exact) mass is 307 g/mol. The second kappa shape index (κ2) is 7.26. The Morgan fingerprint density at radius 3 is 2.91 bits per heavy atom. The van der Waals surface area contributed by atoms with Crippen molar-refractivity contribution >= 4 is 11.9 Å². The van der Waals surface area contributed by atoms with Gasteiger partial charge in [-0.1, -0.05) is 12.1 Å². The zero-order valence-corrected chi connectivity index (χ0v) is 12.6. The van der Waals surface area contributed by atoms with E-state index in [0.717, 1.165) is 11.3 Å². The highest BCUT2D eigenvalue weighted by atomic mass is 16.5. The third-order valence-corrected chi connectivity index (χ3v) is 3.62. The molecule has 6 nitrogen and oxygen atoms in total. The van der Waals surface area contributed by atoms with Gasteiger partial charge in [0, 0.05) is 19.4 Å². The summed E-state index contributed by atoms with van der Waals surface area (Å²) in [6.07, 6.45) is 1.05. The number of carboxylic acid groups (broad SMARTS) is 1. The van der Waals surface area contributed by atoms with Gasteiger partial charge in [0.05, 0.1) is 13.2 Å². The molecule has 1 saturated heterocycles. The molecule has 0 spiro atoms. The highest BCUT2D eigenvalue weighted by Gasteiger charge is 2.43. The van der Waals surface area contributed by atoms with Crippen molar-refractivity contribution in [2.75, 3.05) is 19.8 Å². The van der Waals surface area contributed by atoms with E-state index in [-0.39, 0.29) is 18.9 Å². The molecule has 1 unspecified atom stereocenters. The highest BCUT2D eigenvalue weighted by molar-refractivity contribution is 5.87. The van der Waals surface area contributed by atoms with E-state index >= 15 is 0 Å². The minimum Gasteiger partial charge on any atom is -0.494 e. The lowest BCUT2D eigenvalue weighted by Crippen LogP contribution is -2.55. The molecular weight excluding hydrogens is 286 g/mol. The number of ether oxygens (including phenoxy) is 2. The van der Waals surface area contributed by atoms with Gasteiger partial charge in [0.2, 0.25) is 5.91 Å². The molecule has 0 aliphatic carbocycles. The molecular formula is C16H21NO5. The lowest BCUT2D eigenvalue weighted by Gasteiger charge is -2.23. The van der Waals surface area contributed by atoms with E-state index in [1.54, 1.807) is 0 Å². The molecule has 120 valence electrons. The molecule has 0 radical (unpaired) electrons. The summed E-state index contributed by atoms with van der Waals surface area (Å²) in [4.78, 5) is 23.2. The molecule has 0 saturated carbocycles. The molecule has 2 N–H and O–H groups in total. The van der Waals surface area contributed by atoms with E-state index in [9.17, 15) is 14.7 Å². The van der Waals surface area contributed by atoms with Crippen molar-refractivity contribution in [2.45, 2.75) is 31.7 Å². The fraction of sp³-hybridized carbons (Fsp3) is 0.500. The van der Waals surface area contributed by atoms with Crippen molar-refractivity contribution in [3.8, 4) is 5.75 Å². The molecule has 1 atom stereocenters. The Morgan fingerprint density at radius 2 is 2.27 bits per heavy atom. The SMILES string of the molecule is Cc1cccc(OCCCC(=O)NC2(C(=O)O)CCOC2)c1. The number of carbonyl (C=O) groups is 2. The van der Waals surface area contributed by atoms with Crippen LogP contribution in [0.4, 0.5) is 0 Å². The molecule has 1 aromatic carbocycles. The van der Waals surface area contributed by atoms with Crippen molar-refractivity contribution in [3.05, 3.63) is 29.8 Å². The molecule has 6 heteroatoms. The van der Waals surface area contributed by atoms with Crippen LogP contribution in [0, 0.1) is 6.92 Å². The van der Waals surface area contributed by atoms with Gasteiger partial charge in [-0.15, -0.1) is 0 Å². The van der Waals surface area contributed by atoms with Gasteiger partial charge < -0.3 is 19.9 Å². The largest absolute Gasteiger partial charge is 0.494 e. The molecule has 2 rings (SSSR count). The second-order valence-electron chi connectivity index (χ2n) is 5.51. The Labute approximate surface area is 129 Å². The van der Waals surface area contributed by atoms with Gasteiger partial charge in [0.1, 0.15) is 5.75 Å². The summed E-state index contributed by atoms with van der Waals surface area (Å²) in [7, 11) is 0. The van der Waals surface area contributed by atoms with Crippen LogP contribution in [-0.2, 0) is 14.3 Å². The van der Waals surface area contributed by atoms with E-state index in [1.165, 1.54) is 0 Å². The predicted octanol–water partition coefficient (Wildman–Crippen LogP) is 1.51. The van der Waals surface area contributed by atoms with Crippen molar-refractivity contribution in [2.24, 2.45) is 0 Å². The maximum Gasteiger partial charge on any atom is 0.331 e. The normalized spacial score (nSPS) is 20.6. The zero-order valence-electron chi connectivity index (χ0n) is 12.6.